The molecule has 0 radical (unpaired) electrons. The number of carbonyl (C=O) groups excluding carboxylic acids is 1. The minimum Gasteiger partial charge on any atom is -0.341 e. The van der Waals surface area contributed by atoms with Crippen LogP contribution in [-0.2, 0) is 4.79 Å². The van der Waals surface area contributed by atoms with Crippen molar-refractivity contribution in [1.29, 1.82) is 0 Å². The molecule has 0 aliphatic carbocycles. The molecule has 1 unspecified atom stereocenters. The van der Waals surface area contributed by atoms with Gasteiger partial charge in [-0.2, -0.15) is 0 Å². The number of carbonyl (C=O) groups is 1. The van der Waals surface area contributed by atoms with Crippen LogP contribution in [0.5, 0.6) is 0 Å². The maximum atomic E-state index is 12.9. The SMILES string of the molecule is CC(C(=O)N1C[C@@H](CN)[C@H](c2ccccc2)C1)c1cccc(Cl)c1. The molecule has 3 nitrogen and oxygen atoms in total. The van der Waals surface area contributed by atoms with Crippen LogP contribution in [0.3, 0.4) is 0 Å². The summed E-state index contributed by atoms with van der Waals surface area (Å²) in [4.78, 5) is 14.9. The third-order valence-electron chi connectivity index (χ3n) is 5.00. The van der Waals surface area contributed by atoms with E-state index >= 15 is 0 Å². The maximum absolute atomic E-state index is 12.9. The van der Waals surface area contributed by atoms with Crippen LogP contribution in [0.4, 0.5) is 0 Å². The summed E-state index contributed by atoms with van der Waals surface area (Å²) in [6.45, 7) is 3.99. The van der Waals surface area contributed by atoms with Gasteiger partial charge in [0.05, 0.1) is 5.92 Å². The number of amides is 1. The predicted octanol–water partition coefficient (Wildman–Crippen LogP) is 3.64. The lowest BCUT2D eigenvalue weighted by Gasteiger charge is -2.21. The molecule has 1 aliphatic heterocycles. The number of halogens is 1. The van der Waals surface area contributed by atoms with Crippen LogP contribution in [0, 0.1) is 5.92 Å². The second-order valence-corrected chi connectivity index (χ2v) is 6.97. The van der Waals surface area contributed by atoms with Crippen LogP contribution in [0.2, 0.25) is 5.02 Å². The number of nitrogens with zero attached hydrogens (tertiary/aromatic N) is 1. The molecule has 2 aromatic rings. The van der Waals surface area contributed by atoms with E-state index in [0.717, 1.165) is 18.7 Å². The number of hydrogen-bond donors (Lipinski definition) is 1. The van der Waals surface area contributed by atoms with Gasteiger partial charge in [-0.15, -0.1) is 0 Å². The lowest BCUT2D eigenvalue weighted by Crippen LogP contribution is -2.33. The van der Waals surface area contributed by atoms with Gasteiger partial charge < -0.3 is 10.6 Å². The minimum absolute atomic E-state index is 0.147. The molecule has 1 aliphatic rings. The zero-order valence-electron chi connectivity index (χ0n) is 13.9. The van der Waals surface area contributed by atoms with E-state index in [1.165, 1.54) is 5.56 Å². The molecule has 126 valence electrons. The summed E-state index contributed by atoms with van der Waals surface area (Å²) in [5.41, 5.74) is 8.20. The summed E-state index contributed by atoms with van der Waals surface area (Å²) in [7, 11) is 0. The topological polar surface area (TPSA) is 46.3 Å². The number of benzene rings is 2. The Labute approximate surface area is 148 Å². The first-order valence-electron chi connectivity index (χ1n) is 8.39. The van der Waals surface area contributed by atoms with Gasteiger partial charge in [-0.05, 0) is 42.6 Å². The molecular formula is C20H23ClN2O. The average molecular weight is 343 g/mol. The van der Waals surface area contributed by atoms with Crippen molar-refractivity contribution in [3.05, 3.63) is 70.7 Å². The summed E-state index contributed by atoms with van der Waals surface area (Å²) in [6.07, 6.45) is 0. The first kappa shape index (κ1) is 17.0. The third-order valence-corrected chi connectivity index (χ3v) is 5.24. The fourth-order valence-electron chi connectivity index (χ4n) is 3.56. The fraction of sp³-hybridized carbons (Fsp3) is 0.350. The van der Waals surface area contributed by atoms with E-state index in [1.54, 1.807) is 0 Å². The van der Waals surface area contributed by atoms with Crippen molar-refractivity contribution in [2.45, 2.75) is 18.8 Å². The van der Waals surface area contributed by atoms with Gasteiger partial charge >= 0.3 is 0 Å². The summed E-state index contributed by atoms with van der Waals surface area (Å²) in [6, 6.07) is 17.9. The molecule has 1 fully saturated rings. The molecule has 24 heavy (non-hydrogen) atoms. The van der Waals surface area contributed by atoms with E-state index < -0.39 is 0 Å². The van der Waals surface area contributed by atoms with Crippen molar-refractivity contribution in [2.75, 3.05) is 19.6 Å². The van der Waals surface area contributed by atoms with Gasteiger partial charge in [-0.25, -0.2) is 0 Å². The Hall–Kier alpha value is -1.84. The summed E-state index contributed by atoms with van der Waals surface area (Å²) in [5.74, 6) is 0.570. The predicted molar refractivity (Wildman–Crippen MR) is 98.2 cm³/mol. The molecule has 1 heterocycles. The Kier molecular flexibility index (Phi) is 5.22. The second kappa shape index (κ2) is 7.37. The second-order valence-electron chi connectivity index (χ2n) is 6.53. The Bertz CT molecular complexity index is 704. The first-order valence-corrected chi connectivity index (χ1v) is 8.77. The number of nitrogens with two attached hydrogens (primary N) is 1. The Morgan fingerprint density at radius 1 is 1.21 bits per heavy atom. The lowest BCUT2D eigenvalue weighted by molar-refractivity contribution is -0.131. The molecule has 0 aromatic heterocycles. The van der Waals surface area contributed by atoms with E-state index in [0.29, 0.717) is 23.4 Å². The lowest BCUT2D eigenvalue weighted by atomic mass is 9.89. The highest BCUT2D eigenvalue weighted by Crippen LogP contribution is 2.34. The van der Waals surface area contributed by atoms with Crippen LogP contribution >= 0.6 is 11.6 Å². The van der Waals surface area contributed by atoms with Gasteiger partial charge in [0.2, 0.25) is 5.91 Å². The summed E-state index contributed by atoms with van der Waals surface area (Å²) in [5, 5.41) is 0.663. The van der Waals surface area contributed by atoms with Crippen molar-refractivity contribution in [3.63, 3.8) is 0 Å². The normalized spacial score (nSPS) is 21.7. The molecule has 0 spiro atoms. The molecule has 0 saturated carbocycles. The molecule has 2 N–H and O–H groups in total. The van der Waals surface area contributed by atoms with Crippen LogP contribution in [0.1, 0.15) is 29.9 Å². The molecule has 4 heteroatoms. The van der Waals surface area contributed by atoms with Gasteiger partial charge in [0.25, 0.3) is 0 Å². The van der Waals surface area contributed by atoms with Crippen LogP contribution in [0.15, 0.2) is 54.6 Å². The highest BCUT2D eigenvalue weighted by atomic mass is 35.5. The van der Waals surface area contributed by atoms with E-state index in [2.05, 4.69) is 12.1 Å². The van der Waals surface area contributed by atoms with Gasteiger partial charge in [-0.1, -0.05) is 54.1 Å². The van der Waals surface area contributed by atoms with E-state index in [1.807, 2.05) is 54.3 Å². The molecule has 1 saturated heterocycles. The van der Waals surface area contributed by atoms with Crippen LogP contribution in [-0.4, -0.2) is 30.4 Å². The zero-order valence-corrected chi connectivity index (χ0v) is 14.6. The van der Waals surface area contributed by atoms with Gasteiger partial charge in [0.15, 0.2) is 0 Å². The largest absolute Gasteiger partial charge is 0.341 e. The molecule has 3 rings (SSSR count). The Balaban J connectivity index is 1.76. The van der Waals surface area contributed by atoms with Crippen molar-refractivity contribution in [2.24, 2.45) is 11.7 Å². The van der Waals surface area contributed by atoms with E-state index in [9.17, 15) is 4.79 Å². The molecular weight excluding hydrogens is 320 g/mol. The van der Waals surface area contributed by atoms with Gasteiger partial charge in [0.1, 0.15) is 0 Å². The average Bonchev–Trinajstić information content (AvgIpc) is 3.05. The monoisotopic (exact) mass is 342 g/mol. The van der Waals surface area contributed by atoms with Crippen molar-refractivity contribution < 1.29 is 4.79 Å². The van der Waals surface area contributed by atoms with Crippen LogP contribution in [0.25, 0.3) is 0 Å². The highest BCUT2D eigenvalue weighted by molar-refractivity contribution is 6.30. The maximum Gasteiger partial charge on any atom is 0.229 e. The van der Waals surface area contributed by atoms with Gasteiger partial charge in [0, 0.05) is 24.0 Å². The number of likely N-dealkylation sites (tertiary alicyclic amines) is 1. The van der Waals surface area contributed by atoms with E-state index in [4.69, 9.17) is 17.3 Å². The molecule has 3 atom stereocenters. The van der Waals surface area contributed by atoms with Gasteiger partial charge in [-0.3, -0.25) is 4.79 Å². The zero-order chi connectivity index (χ0) is 17.1. The third kappa shape index (κ3) is 3.47. The minimum atomic E-state index is -0.198. The quantitative estimate of drug-likeness (QED) is 0.922. The first-order chi connectivity index (χ1) is 11.6. The van der Waals surface area contributed by atoms with Crippen molar-refractivity contribution >= 4 is 17.5 Å². The van der Waals surface area contributed by atoms with Crippen molar-refractivity contribution in [1.82, 2.24) is 4.90 Å². The summed E-state index contributed by atoms with van der Waals surface area (Å²) >= 11 is 6.06. The van der Waals surface area contributed by atoms with Crippen molar-refractivity contribution in [3.8, 4) is 0 Å². The smallest absolute Gasteiger partial charge is 0.229 e. The summed E-state index contributed by atoms with van der Waals surface area (Å²) < 4.78 is 0. The Morgan fingerprint density at radius 2 is 1.96 bits per heavy atom. The molecule has 1 amide bonds. The Morgan fingerprint density at radius 3 is 2.62 bits per heavy atom. The number of rotatable bonds is 4. The molecule has 2 aromatic carbocycles. The van der Waals surface area contributed by atoms with E-state index in [-0.39, 0.29) is 11.8 Å². The van der Waals surface area contributed by atoms with Crippen LogP contribution < -0.4 is 5.73 Å². The fourth-order valence-corrected chi connectivity index (χ4v) is 3.76. The molecule has 0 bridgehead atoms. The number of hydrogen-bond acceptors (Lipinski definition) is 2. The standard InChI is InChI=1S/C20H23ClN2O/c1-14(16-8-5-9-18(21)10-16)20(24)23-12-17(11-22)19(13-23)15-6-3-2-4-7-15/h2-10,14,17,19H,11-13,22H2,1H3/t14?,17-,19+/m1/s1. The highest BCUT2D eigenvalue weighted by Gasteiger charge is 2.36.